The zero-order valence-corrected chi connectivity index (χ0v) is 11.4. The topological polar surface area (TPSA) is 64.9 Å². The van der Waals surface area contributed by atoms with Crippen molar-refractivity contribution in [3.05, 3.63) is 22.3 Å². The van der Waals surface area contributed by atoms with Gasteiger partial charge in [-0.05, 0) is 24.3 Å². The molecule has 1 aliphatic carbocycles. The molecule has 4 nitrogen and oxygen atoms in total. The predicted molar refractivity (Wildman–Crippen MR) is 71.6 cm³/mol. The lowest BCUT2D eigenvalue weighted by Gasteiger charge is -2.29. The Morgan fingerprint density at radius 3 is 2.78 bits per heavy atom. The van der Waals surface area contributed by atoms with Crippen LogP contribution in [-0.4, -0.2) is 10.1 Å². The van der Waals surface area contributed by atoms with E-state index < -0.39 is 5.54 Å². The lowest BCUT2D eigenvalue weighted by molar-refractivity contribution is 0.275. The van der Waals surface area contributed by atoms with Gasteiger partial charge in [0.15, 0.2) is 5.82 Å². The first-order valence-electron chi connectivity index (χ1n) is 6.05. The lowest BCUT2D eigenvalue weighted by atomic mass is 9.82. The number of halogens is 1. The van der Waals surface area contributed by atoms with Crippen molar-refractivity contribution in [2.45, 2.75) is 37.6 Å². The molecule has 6 heteroatoms. The zero-order chi connectivity index (χ0) is 12.6. The van der Waals surface area contributed by atoms with E-state index in [9.17, 15) is 0 Å². The van der Waals surface area contributed by atoms with E-state index in [2.05, 4.69) is 10.1 Å². The van der Waals surface area contributed by atoms with Gasteiger partial charge in [0.2, 0.25) is 0 Å². The first kappa shape index (κ1) is 12.1. The van der Waals surface area contributed by atoms with Crippen LogP contribution < -0.4 is 5.73 Å². The summed E-state index contributed by atoms with van der Waals surface area (Å²) < 4.78 is 5.29. The second-order valence-corrected chi connectivity index (χ2v) is 6.06. The normalized spacial score (nSPS) is 19.0. The first-order valence-corrected chi connectivity index (χ1v) is 7.31. The second-order valence-electron chi connectivity index (χ2n) is 4.74. The highest BCUT2D eigenvalue weighted by Crippen LogP contribution is 2.36. The van der Waals surface area contributed by atoms with E-state index in [4.69, 9.17) is 21.9 Å². The number of hydrogen-bond donors (Lipinski definition) is 1. The Kier molecular flexibility index (Phi) is 3.13. The zero-order valence-electron chi connectivity index (χ0n) is 9.86. The van der Waals surface area contributed by atoms with Gasteiger partial charge in [-0.2, -0.15) is 4.98 Å². The maximum atomic E-state index is 6.37. The fourth-order valence-electron chi connectivity index (χ4n) is 2.37. The molecule has 0 amide bonds. The third-order valence-electron chi connectivity index (χ3n) is 3.43. The quantitative estimate of drug-likeness (QED) is 0.915. The molecule has 96 valence electrons. The van der Waals surface area contributed by atoms with Crippen molar-refractivity contribution in [3.8, 4) is 10.8 Å². The number of thiophene rings is 1. The summed E-state index contributed by atoms with van der Waals surface area (Å²) in [6.45, 7) is 0. The van der Waals surface area contributed by atoms with Crippen molar-refractivity contribution in [2.24, 2.45) is 5.73 Å². The molecule has 0 saturated heterocycles. The molecule has 2 N–H and O–H groups in total. The summed E-state index contributed by atoms with van der Waals surface area (Å²) in [5.74, 6) is 1.09. The van der Waals surface area contributed by atoms with Gasteiger partial charge in [-0.25, -0.2) is 0 Å². The lowest BCUT2D eigenvalue weighted by Crippen LogP contribution is -2.39. The van der Waals surface area contributed by atoms with Gasteiger partial charge < -0.3 is 10.3 Å². The molecule has 3 rings (SSSR count). The van der Waals surface area contributed by atoms with Gasteiger partial charge in [0.1, 0.15) is 4.88 Å². The fraction of sp³-hybridized carbons (Fsp3) is 0.500. The molecule has 0 radical (unpaired) electrons. The maximum absolute atomic E-state index is 6.37. The highest BCUT2D eigenvalue weighted by Gasteiger charge is 2.34. The summed E-state index contributed by atoms with van der Waals surface area (Å²) >= 11 is 7.55. The van der Waals surface area contributed by atoms with Crippen LogP contribution >= 0.6 is 22.9 Å². The third-order valence-corrected chi connectivity index (χ3v) is 4.76. The predicted octanol–water partition coefficient (Wildman–Crippen LogP) is 3.57. The van der Waals surface area contributed by atoms with Gasteiger partial charge in [0, 0.05) is 0 Å². The highest BCUT2D eigenvalue weighted by atomic mass is 35.5. The van der Waals surface area contributed by atoms with Crippen LogP contribution in [0.25, 0.3) is 10.8 Å². The van der Waals surface area contributed by atoms with E-state index in [-0.39, 0.29) is 0 Å². The molecule has 2 aromatic rings. The Hall–Kier alpha value is -0.910. The summed E-state index contributed by atoms with van der Waals surface area (Å²) in [6, 6.07) is 1.82. The third kappa shape index (κ3) is 2.06. The summed E-state index contributed by atoms with van der Waals surface area (Å²) in [6.07, 6.45) is 5.33. The Morgan fingerprint density at radius 1 is 1.33 bits per heavy atom. The second kappa shape index (κ2) is 4.64. The SMILES string of the molecule is NC1(c2noc(-c3sccc3Cl)n2)CCCCC1. The molecule has 0 bridgehead atoms. The number of aromatic nitrogens is 2. The van der Waals surface area contributed by atoms with E-state index in [1.54, 1.807) is 0 Å². The number of rotatable bonds is 2. The van der Waals surface area contributed by atoms with Crippen molar-refractivity contribution in [2.75, 3.05) is 0 Å². The van der Waals surface area contributed by atoms with Gasteiger partial charge in [-0.1, -0.05) is 36.0 Å². The molecular formula is C12H14ClN3OS. The Balaban J connectivity index is 1.92. The largest absolute Gasteiger partial charge is 0.333 e. The molecule has 2 heterocycles. The Labute approximate surface area is 114 Å². The molecule has 1 aliphatic rings. The highest BCUT2D eigenvalue weighted by molar-refractivity contribution is 7.14. The van der Waals surface area contributed by atoms with E-state index in [1.165, 1.54) is 17.8 Å². The molecule has 0 atom stereocenters. The van der Waals surface area contributed by atoms with E-state index in [0.29, 0.717) is 16.7 Å². The first-order chi connectivity index (χ1) is 8.69. The van der Waals surface area contributed by atoms with Crippen LogP contribution in [0.3, 0.4) is 0 Å². The van der Waals surface area contributed by atoms with E-state index >= 15 is 0 Å². The monoisotopic (exact) mass is 283 g/mol. The Morgan fingerprint density at radius 2 is 2.11 bits per heavy atom. The molecule has 1 fully saturated rings. The van der Waals surface area contributed by atoms with Crippen LogP contribution in [0.15, 0.2) is 16.0 Å². The van der Waals surface area contributed by atoms with E-state index in [1.807, 2.05) is 11.4 Å². The molecule has 0 aromatic carbocycles. The maximum Gasteiger partial charge on any atom is 0.269 e. The van der Waals surface area contributed by atoms with Gasteiger partial charge in [0.25, 0.3) is 5.89 Å². The van der Waals surface area contributed by atoms with Gasteiger partial charge in [-0.15, -0.1) is 11.3 Å². The minimum absolute atomic E-state index is 0.427. The molecule has 0 unspecified atom stereocenters. The van der Waals surface area contributed by atoms with Crippen LogP contribution in [0.4, 0.5) is 0 Å². The number of nitrogens with two attached hydrogens (primary N) is 1. The summed E-state index contributed by atoms with van der Waals surface area (Å²) in [7, 11) is 0. The van der Waals surface area contributed by atoms with Gasteiger partial charge in [-0.3, -0.25) is 0 Å². The number of hydrogen-bond acceptors (Lipinski definition) is 5. The van der Waals surface area contributed by atoms with Crippen LogP contribution in [0.5, 0.6) is 0 Å². The van der Waals surface area contributed by atoms with Crippen LogP contribution in [0.1, 0.15) is 37.9 Å². The van der Waals surface area contributed by atoms with Crippen LogP contribution in [0, 0.1) is 0 Å². The molecule has 1 saturated carbocycles. The summed E-state index contributed by atoms with van der Waals surface area (Å²) in [4.78, 5) is 5.25. The molecule has 0 aliphatic heterocycles. The smallest absolute Gasteiger partial charge is 0.269 e. The van der Waals surface area contributed by atoms with Gasteiger partial charge in [0.05, 0.1) is 10.6 Å². The summed E-state index contributed by atoms with van der Waals surface area (Å²) in [5.41, 5.74) is 5.94. The molecule has 18 heavy (non-hydrogen) atoms. The standard InChI is InChI=1S/C12H14ClN3OS/c13-8-4-7-18-9(8)10-15-11(16-17-10)12(14)5-2-1-3-6-12/h4,7H,1-3,5-6,14H2. The van der Waals surface area contributed by atoms with Crippen molar-refractivity contribution in [1.82, 2.24) is 10.1 Å². The van der Waals surface area contributed by atoms with Crippen molar-refractivity contribution in [1.29, 1.82) is 0 Å². The molecule has 0 spiro atoms. The minimum atomic E-state index is -0.427. The van der Waals surface area contributed by atoms with Crippen LogP contribution in [0.2, 0.25) is 5.02 Å². The molecular weight excluding hydrogens is 270 g/mol. The van der Waals surface area contributed by atoms with E-state index in [0.717, 1.165) is 30.6 Å². The average molecular weight is 284 g/mol. The number of nitrogens with zero attached hydrogens (tertiary/aromatic N) is 2. The average Bonchev–Trinajstić information content (AvgIpc) is 2.98. The summed E-state index contributed by atoms with van der Waals surface area (Å²) in [5, 5.41) is 6.59. The van der Waals surface area contributed by atoms with Crippen molar-refractivity contribution < 1.29 is 4.52 Å². The fourth-order valence-corrected chi connectivity index (χ4v) is 3.43. The van der Waals surface area contributed by atoms with Crippen LogP contribution in [-0.2, 0) is 5.54 Å². The van der Waals surface area contributed by atoms with Crippen molar-refractivity contribution in [3.63, 3.8) is 0 Å². The van der Waals surface area contributed by atoms with Gasteiger partial charge >= 0.3 is 0 Å². The molecule has 2 aromatic heterocycles. The minimum Gasteiger partial charge on any atom is -0.333 e. The Bertz CT molecular complexity index is 545. The van der Waals surface area contributed by atoms with Crippen molar-refractivity contribution >= 4 is 22.9 Å².